The van der Waals surface area contributed by atoms with Gasteiger partial charge in [0.05, 0.1) is 24.5 Å². The molecule has 2 aromatic carbocycles. The molecule has 2 amide bonds. The van der Waals surface area contributed by atoms with Gasteiger partial charge in [-0.3, -0.25) is 15.1 Å². The highest BCUT2D eigenvalue weighted by Crippen LogP contribution is 2.35. The minimum Gasteiger partial charge on any atom is -0.453 e. The summed E-state index contributed by atoms with van der Waals surface area (Å²) in [5, 5.41) is 17.6. The lowest BCUT2D eigenvalue weighted by molar-refractivity contribution is 0.0936. The first-order valence-corrected chi connectivity index (χ1v) is 11.2. The maximum Gasteiger partial charge on any atom is 0.411 e. The topological polar surface area (TPSA) is 124 Å². The number of rotatable bonds is 5. The number of amides is 2. The zero-order chi connectivity index (χ0) is 24.4. The molecule has 2 N–H and O–H groups in total. The van der Waals surface area contributed by atoms with Crippen LogP contribution in [0.25, 0.3) is 16.8 Å². The Balaban J connectivity index is 1.34. The number of nitrogens with zero attached hydrogens (tertiary/aromatic N) is 5. The fraction of sp³-hybridized carbons (Fsp3) is 0.167. The highest BCUT2D eigenvalue weighted by atomic mass is 35.5. The van der Waals surface area contributed by atoms with E-state index in [1.165, 1.54) is 13.4 Å². The maximum atomic E-state index is 12.8. The second-order valence-electron chi connectivity index (χ2n) is 7.94. The molecule has 176 valence electrons. The third kappa shape index (κ3) is 4.69. The first kappa shape index (κ1) is 22.5. The van der Waals surface area contributed by atoms with Crippen LogP contribution in [0.1, 0.15) is 34.1 Å². The Hall–Kier alpha value is -4.31. The van der Waals surface area contributed by atoms with Crippen molar-refractivity contribution in [1.82, 2.24) is 30.5 Å². The molecule has 35 heavy (non-hydrogen) atoms. The number of hydrogen-bond acceptors (Lipinski definition) is 7. The molecule has 1 atom stereocenters. The average Bonchev–Trinajstić information content (AvgIpc) is 3.54. The maximum absolute atomic E-state index is 12.8. The molecule has 0 saturated heterocycles. The van der Waals surface area contributed by atoms with Crippen molar-refractivity contribution in [1.29, 1.82) is 0 Å². The summed E-state index contributed by atoms with van der Waals surface area (Å²) in [6.07, 6.45) is 4.25. The number of aromatic nitrogens is 5. The van der Waals surface area contributed by atoms with Gasteiger partial charge in [0.25, 0.3) is 5.91 Å². The number of carbonyl (C=O) groups is 2. The fourth-order valence-corrected chi connectivity index (χ4v) is 4.26. The second-order valence-corrected chi connectivity index (χ2v) is 8.38. The summed E-state index contributed by atoms with van der Waals surface area (Å²) in [5.41, 5.74) is 5.45. The van der Waals surface area contributed by atoms with Crippen molar-refractivity contribution in [2.45, 2.75) is 18.9 Å². The molecule has 0 aliphatic heterocycles. The standard InChI is InChI=1S/C24H20ClN7O3/c1-35-24(34)28-18-6-2-14(3-7-18)23(33)29-20-8-4-15-10-16(12-26-22(15)20)19-11-17(25)5-9-21(19)32-13-27-30-31-32/h2-3,5-7,9-13,20H,4,8H2,1H3,(H,28,34)(H,29,33). The Labute approximate surface area is 205 Å². The van der Waals surface area contributed by atoms with Crippen LogP contribution in [-0.2, 0) is 11.2 Å². The molecule has 11 heteroatoms. The van der Waals surface area contributed by atoms with Gasteiger partial charge in [0.1, 0.15) is 6.33 Å². The number of pyridine rings is 1. The number of methoxy groups -OCH3 is 1. The number of hydrogen-bond donors (Lipinski definition) is 2. The lowest BCUT2D eigenvalue weighted by Gasteiger charge is -2.15. The van der Waals surface area contributed by atoms with Crippen LogP contribution in [-0.4, -0.2) is 44.3 Å². The third-order valence-corrected chi connectivity index (χ3v) is 6.02. The number of halogens is 1. The van der Waals surface area contributed by atoms with Crippen molar-refractivity contribution >= 4 is 29.3 Å². The van der Waals surface area contributed by atoms with Crippen molar-refractivity contribution in [3.8, 4) is 16.8 Å². The smallest absolute Gasteiger partial charge is 0.411 e. The fourth-order valence-electron chi connectivity index (χ4n) is 4.09. The largest absolute Gasteiger partial charge is 0.453 e. The summed E-state index contributed by atoms with van der Waals surface area (Å²) in [6.45, 7) is 0. The summed E-state index contributed by atoms with van der Waals surface area (Å²) in [7, 11) is 1.29. The van der Waals surface area contributed by atoms with Gasteiger partial charge in [-0.15, -0.1) is 5.10 Å². The molecule has 1 aliphatic carbocycles. The number of anilines is 1. The summed E-state index contributed by atoms with van der Waals surface area (Å²) in [5.74, 6) is -0.214. The molecule has 0 saturated carbocycles. The predicted molar refractivity (Wildman–Crippen MR) is 128 cm³/mol. The van der Waals surface area contributed by atoms with Gasteiger partial charge in [-0.05, 0) is 77.4 Å². The molecule has 0 fully saturated rings. The number of tetrazole rings is 1. The van der Waals surface area contributed by atoms with E-state index in [1.807, 2.05) is 12.1 Å². The molecule has 4 aromatic rings. The molecule has 10 nitrogen and oxygen atoms in total. The van der Waals surface area contributed by atoms with Crippen LogP contribution in [0.4, 0.5) is 10.5 Å². The molecule has 2 aromatic heterocycles. The highest BCUT2D eigenvalue weighted by molar-refractivity contribution is 6.31. The Kier molecular flexibility index (Phi) is 6.11. The predicted octanol–water partition coefficient (Wildman–Crippen LogP) is 3.97. The molecule has 1 unspecified atom stereocenters. The molecular weight excluding hydrogens is 470 g/mol. The summed E-state index contributed by atoms with van der Waals surface area (Å²) in [6, 6.07) is 14.0. The van der Waals surface area contributed by atoms with Gasteiger partial charge >= 0.3 is 6.09 Å². The van der Waals surface area contributed by atoms with Crippen molar-refractivity contribution in [2.24, 2.45) is 0 Å². The lowest BCUT2D eigenvalue weighted by atomic mass is 10.0. The number of carbonyl (C=O) groups excluding carboxylic acids is 2. The SMILES string of the molecule is COC(=O)Nc1ccc(C(=O)NC2CCc3cc(-c4cc(Cl)ccc4-n4cnnn4)cnc32)cc1. The number of benzene rings is 2. The molecule has 0 bridgehead atoms. The van der Waals surface area contributed by atoms with E-state index < -0.39 is 6.09 Å². The molecular formula is C24H20ClN7O3. The number of aryl methyl sites for hydroxylation is 1. The number of nitrogens with one attached hydrogen (secondary N) is 2. The zero-order valence-electron chi connectivity index (χ0n) is 18.6. The summed E-state index contributed by atoms with van der Waals surface area (Å²) in [4.78, 5) is 28.8. The van der Waals surface area contributed by atoms with Crippen LogP contribution in [0.3, 0.4) is 0 Å². The van der Waals surface area contributed by atoms with Crippen LogP contribution in [0.15, 0.2) is 61.1 Å². The summed E-state index contributed by atoms with van der Waals surface area (Å²) < 4.78 is 6.15. The van der Waals surface area contributed by atoms with Gasteiger partial charge in [-0.25, -0.2) is 4.79 Å². The Bertz CT molecular complexity index is 1390. The van der Waals surface area contributed by atoms with E-state index in [9.17, 15) is 9.59 Å². The van der Waals surface area contributed by atoms with E-state index in [1.54, 1.807) is 41.2 Å². The van der Waals surface area contributed by atoms with E-state index in [0.29, 0.717) is 16.3 Å². The Morgan fingerprint density at radius 2 is 1.97 bits per heavy atom. The monoisotopic (exact) mass is 489 g/mol. The Morgan fingerprint density at radius 1 is 1.14 bits per heavy atom. The normalized spacial score (nSPS) is 14.3. The van der Waals surface area contributed by atoms with E-state index in [0.717, 1.165) is 40.9 Å². The van der Waals surface area contributed by atoms with Crippen LogP contribution in [0.5, 0.6) is 0 Å². The minimum absolute atomic E-state index is 0.197. The zero-order valence-corrected chi connectivity index (χ0v) is 19.4. The van der Waals surface area contributed by atoms with Crippen molar-refractivity contribution in [3.63, 3.8) is 0 Å². The van der Waals surface area contributed by atoms with Gasteiger partial charge in [-0.2, -0.15) is 4.68 Å². The van der Waals surface area contributed by atoms with Crippen LogP contribution < -0.4 is 10.6 Å². The molecule has 0 spiro atoms. The average molecular weight is 490 g/mol. The van der Waals surface area contributed by atoms with Crippen LogP contribution in [0.2, 0.25) is 5.02 Å². The van der Waals surface area contributed by atoms with E-state index in [-0.39, 0.29) is 11.9 Å². The van der Waals surface area contributed by atoms with Gasteiger partial charge in [0, 0.05) is 33.6 Å². The van der Waals surface area contributed by atoms with Crippen LogP contribution in [0, 0.1) is 0 Å². The minimum atomic E-state index is -0.571. The molecule has 1 aliphatic rings. The van der Waals surface area contributed by atoms with Gasteiger partial charge in [0.15, 0.2) is 0 Å². The Morgan fingerprint density at radius 3 is 2.71 bits per heavy atom. The number of fused-ring (bicyclic) bond motifs is 1. The van der Waals surface area contributed by atoms with Crippen molar-refractivity contribution in [2.75, 3.05) is 12.4 Å². The molecule has 0 radical (unpaired) electrons. The van der Waals surface area contributed by atoms with E-state index >= 15 is 0 Å². The van der Waals surface area contributed by atoms with Gasteiger partial charge < -0.3 is 10.1 Å². The van der Waals surface area contributed by atoms with Crippen LogP contribution >= 0.6 is 11.6 Å². The third-order valence-electron chi connectivity index (χ3n) is 5.78. The molecule has 2 heterocycles. The van der Waals surface area contributed by atoms with Gasteiger partial charge in [0.2, 0.25) is 0 Å². The number of ether oxygens (including phenoxy) is 1. The van der Waals surface area contributed by atoms with Gasteiger partial charge in [-0.1, -0.05) is 11.6 Å². The van der Waals surface area contributed by atoms with Crippen molar-refractivity contribution in [3.05, 3.63) is 82.9 Å². The quantitative estimate of drug-likeness (QED) is 0.434. The first-order chi connectivity index (χ1) is 17.0. The highest BCUT2D eigenvalue weighted by Gasteiger charge is 2.26. The lowest BCUT2D eigenvalue weighted by Crippen LogP contribution is -2.27. The second kappa shape index (κ2) is 9.51. The molecule has 5 rings (SSSR count). The first-order valence-electron chi connectivity index (χ1n) is 10.8. The van der Waals surface area contributed by atoms with E-state index in [2.05, 4.69) is 37.0 Å². The summed E-state index contributed by atoms with van der Waals surface area (Å²) >= 11 is 6.27. The van der Waals surface area contributed by atoms with E-state index in [4.69, 9.17) is 16.6 Å². The van der Waals surface area contributed by atoms with Crippen molar-refractivity contribution < 1.29 is 14.3 Å².